The van der Waals surface area contributed by atoms with E-state index < -0.39 is 0 Å². The van der Waals surface area contributed by atoms with Crippen molar-refractivity contribution in [3.8, 4) is 0 Å². The predicted octanol–water partition coefficient (Wildman–Crippen LogP) is 4.19. The fourth-order valence-corrected chi connectivity index (χ4v) is 3.77. The standard InChI is InChI=1S/C23H29N3O2/c1-5-17-8-6-7-9-20(17)25-21(27)14-26(4)23(28)19-13-15(2)12-18-16(3)10-11-24-22(18)19/h6-9,12-13,16,24H,5,10-11,14H2,1-4H3,(H,25,27). The molecule has 0 radical (unpaired) electrons. The Kier molecular flexibility index (Phi) is 6.02. The Labute approximate surface area is 167 Å². The number of likely N-dealkylation sites (N-methyl/N-ethyl adjacent to an activating group) is 1. The monoisotopic (exact) mass is 379 g/mol. The Morgan fingerprint density at radius 1 is 1.25 bits per heavy atom. The highest BCUT2D eigenvalue weighted by atomic mass is 16.2. The molecule has 28 heavy (non-hydrogen) atoms. The third-order valence-electron chi connectivity index (χ3n) is 5.35. The van der Waals surface area contributed by atoms with Gasteiger partial charge in [0.1, 0.15) is 0 Å². The van der Waals surface area contributed by atoms with Crippen LogP contribution in [0.1, 0.15) is 53.2 Å². The van der Waals surface area contributed by atoms with Gasteiger partial charge in [-0.25, -0.2) is 0 Å². The molecule has 0 spiro atoms. The minimum atomic E-state index is -0.195. The van der Waals surface area contributed by atoms with Gasteiger partial charge in [0.25, 0.3) is 5.91 Å². The molecule has 0 saturated carbocycles. The Morgan fingerprint density at radius 2 is 2.00 bits per heavy atom. The SMILES string of the molecule is CCc1ccccc1NC(=O)CN(C)C(=O)c1cc(C)cc2c1NCCC2C. The van der Waals surface area contributed by atoms with E-state index in [0.29, 0.717) is 11.5 Å². The van der Waals surface area contributed by atoms with Crippen LogP contribution in [0.4, 0.5) is 11.4 Å². The van der Waals surface area contributed by atoms with E-state index in [1.54, 1.807) is 7.05 Å². The first-order valence-electron chi connectivity index (χ1n) is 9.92. The minimum Gasteiger partial charge on any atom is -0.384 e. The highest BCUT2D eigenvalue weighted by Crippen LogP contribution is 2.35. The minimum absolute atomic E-state index is 0.00908. The molecule has 2 aromatic rings. The molecular formula is C23H29N3O2. The number of nitrogens with zero attached hydrogens (tertiary/aromatic N) is 1. The van der Waals surface area contributed by atoms with Crippen LogP contribution < -0.4 is 10.6 Å². The molecule has 5 nitrogen and oxygen atoms in total. The second-order valence-corrected chi connectivity index (χ2v) is 7.61. The van der Waals surface area contributed by atoms with Crippen LogP contribution in [-0.4, -0.2) is 36.9 Å². The molecule has 0 aromatic heterocycles. The quantitative estimate of drug-likeness (QED) is 0.819. The van der Waals surface area contributed by atoms with E-state index in [-0.39, 0.29) is 18.4 Å². The lowest BCUT2D eigenvalue weighted by Gasteiger charge is -2.28. The van der Waals surface area contributed by atoms with Gasteiger partial charge in [0.05, 0.1) is 17.8 Å². The van der Waals surface area contributed by atoms with Crippen LogP contribution in [0.5, 0.6) is 0 Å². The Hall–Kier alpha value is -2.82. The molecule has 0 aliphatic carbocycles. The maximum Gasteiger partial charge on any atom is 0.256 e. The van der Waals surface area contributed by atoms with Crippen molar-refractivity contribution in [3.63, 3.8) is 0 Å². The van der Waals surface area contributed by atoms with Gasteiger partial charge in [0.15, 0.2) is 0 Å². The van der Waals surface area contributed by atoms with E-state index in [1.165, 1.54) is 10.5 Å². The van der Waals surface area contributed by atoms with Crippen molar-refractivity contribution in [2.45, 2.75) is 39.5 Å². The van der Waals surface area contributed by atoms with Gasteiger partial charge in [-0.3, -0.25) is 9.59 Å². The van der Waals surface area contributed by atoms with Gasteiger partial charge in [-0.1, -0.05) is 38.1 Å². The molecule has 2 amide bonds. The number of carbonyl (C=O) groups excluding carboxylic acids is 2. The molecule has 2 aromatic carbocycles. The molecule has 0 saturated heterocycles. The first kappa shape index (κ1) is 19.9. The number of carbonyl (C=O) groups is 2. The normalized spacial score (nSPS) is 15.4. The zero-order valence-electron chi connectivity index (χ0n) is 17.1. The maximum atomic E-state index is 13.1. The average Bonchev–Trinajstić information content (AvgIpc) is 2.68. The van der Waals surface area contributed by atoms with Gasteiger partial charge in [-0.2, -0.15) is 0 Å². The second-order valence-electron chi connectivity index (χ2n) is 7.61. The fraction of sp³-hybridized carbons (Fsp3) is 0.391. The van der Waals surface area contributed by atoms with Crippen molar-refractivity contribution < 1.29 is 9.59 Å². The number of hydrogen-bond donors (Lipinski definition) is 2. The summed E-state index contributed by atoms with van der Waals surface area (Å²) in [6.07, 6.45) is 1.89. The van der Waals surface area contributed by atoms with Crippen molar-refractivity contribution in [1.82, 2.24) is 4.90 Å². The van der Waals surface area contributed by atoms with Crippen LogP contribution >= 0.6 is 0 Å². The maximum absolute atomic E-state index is 13.1. The highest BCUT2D eigenvalue weighted by molar-refractivity contribution is 6.03. The number of anilines is 2. The summed E-state index contributed by atoms with van der Waals surface area (Å²) in [5.41, 5.74) is 5.69. The lowest BCUT2D eigenvalue weighted by Crippen LogP contribution is -2.36. The van der Waals surface area contributed by atoms with E-state index in [4.69, 9.17) is 0 Å². The van der Waals surface area contributed by atoms with Gasteiger partial charge >= 0.3 is 0 Å². The first-order valence-corrected chi connectivity index (χ1v) is 9.92. The van der Waals surface area contributed by atoms with Crippen LogP contribution in [0.2, 0.25) is 0 Å². The predicted molar refractivity (Wildman–Crippen MR) is 114 cm³/mol. The van der Waals surface area contributed by atoms with E-state index in [2.05, 4.69) is 30.5 Å². The molecule has 1 unspecified atom stereocenters. The Bertz CT molecular complexity index is 891. The summed E-state index contributed by atoms with van der Waals surface area (Å²) in [6.45, 7) is 7.11. The number of fused-ring (bicyclic) bond motifs is 1. The van der Waals surface area contributed by atoms with E-state index in [0.717, 1.165) is 41.9 Å². The van der Waals surface area contributed by atoms with Gasteiger partial charge in [-0.15, -0.1) is 0 Å². The Balaban J connectivity index is 1.75. The molecule has 2 N–H and O–H groups in total. The molecule has 0 fully saturated rings. The average molecular weight is 380 g/mol. The van der Waals surface area contributed by atoms with Crippen molar-refractivity contribution in [2.24, 2.45) is 0 Å². The summed E-state index contributed by atoms with van der Waals surface area (Å²) in [7, 11) is 1.68. The van der Waals surface area contributed by atoms with Gasteiger partial charge in [0.2, 0.25) is 5.91 Å². The molecule has 1 aliphatic heterocycles. The van der Waals surface area contributed by atoms with Gasteiger partial charge in [0, 0.05) is 19.3 Å². The molecule has 0 bridgehead atoms. The van der Waals surface area contributed by atoms with Crippen molar-refractivity contribution in [3.05, 3.63) is 58.7 Å². The summed E-state index contributed by atoms with van der Waals surface area (Å²) >= 11 is 0. The summed E-state index contributed by atoms with van der Waals surface area (Å²) in [6, 6.07) is 11.8. The zero-order chi connectivity index (χ0) is 20.3. The number of para-hydroxylation sites is 1. The Morgan fingerprint density at radius 3 is 2.75 bits per heavy atom. The van der Waals surface area contributed by atoms with E-state index in [1.807, 2.05) is 37.3 Å². The fourth-order valence-electron chi connectivity index (χ4n) is 3.77. The topological polar surface area (TPSA) is 61.4 Å². The third-order valence-corrected chi connectivity index (χ3v) is 5.35. The number of nitrogens with one attached hydrogen (secondary N) is 2. The number of amides is 2. The first-order chi connectivity index (χ1) is 13.4. The van der Waals surface area contributed by atoms with Gasteiger partial charge < -0.3 is 15.5 Å². The summed E-state index contributed by atoms with van der Waals surface area (Å²) in [5, 5.41) is 6.32. The third kappa shape index (κ3) is 4.19. The smallest absolute Gasteiger partial charge is 0.256 e. The van der Waals surface area contributed by atoms with Gasteiger partial charge in [-0.05, 0) is 54.5 Å². The molecule has 1 atom stereocenters. The highest BCUT2D eigenvalue weighted by Gasteiger charge is 2.25. The zero-order valence-corrected chi connectivity index (χ0v) is 17.1. The largest absolute Gasteiger partial charge is 0.384 e. The number of rotatable bonds is 5. The van der Waals surface area contributed by atoms with E-state index >= 15 is 0 Å². The lowest BCUT2D eigenvalue weighted by molar-refractivity contribution is -0.116. The number of hydrogen-bond acceptors (Lipinski definition) is 3. The van der Waals surface area contributed by atoms with E-state index in [9.17, 15) is 9.59 Å². The van der Waals surface area contributed by atoms with Crippen LogP contribution in [0.15, 0.2) is 36.4 Å². The molecule has 3 rings (SSSR count). The molecule has 5 heteroatoms. The molecule has 1 heterocycles. The van der Waals surface area contributed by atoms with Crippen LogP contribution in [0.25, 0.3) is 0 Å². The van der Waals surface area contributed by atoms with Crippen molar-refractivity contribution in [1.29, 1.82) is 0 Å². The van der Waals surface area contributed by atoms with Crippen LogP contribution in [-0.2, 0) is 11.2 Å². The molecule has 148 valence electrons. The number of benzene rings is 2. The van der Waals surface area contributed by atoms with Crippen molar-refractivity contribution >= 4 is 23.2 Å². The molecule has 1 aliphatic rings. The molecular weight excluding hydrogens is 350 g/mol. The van der Waals surface area contributed by atoms with Crippen molar-refractivity contribution in [2.75, 3.05) is 30.8 Å². The van der Waals surface area contributed by atoms with Crippen LogP contribution in [0, 0.1) is 6.92 Å². The number of aryl methyl sites for hydroxylation is 2. The summed E-state index contributed by atoms with van der Waals surface area (Å²) < 4.78 is 0. The summed E-state index contributed by atoms with van der Waals surface area (Å²) in [4.78, 5) is 27.1. The second kappa shape index (κ2) is 8.46. The summed E-state index contributed by atoms with van der Waals surface area (Å²) in [5.74, 6) is 0.0851. The lowest BCUT2D eigenvalue weighted by atomic mass is 9.88. The van der Waals surface area contributed by atoms with Crippen LogP contribution in [0.3, 0.4) is 0 Å².